The van der Waals surface area contributed by atoms with Gasteiger partial charge in [-0.15, -0.1) is 0 Å². The van der Waals surface area contributed by atoms with E-state index in [0.29, 0.717) is 0 Å². The first-order valence-electron chi connectivity index (χ1n) is 4.74. The monoisotopic (exact) mass is 193 g/mol. The summed E-state index contributed by atoms with van der Waals surface area (Å²) in [6, 6.07) is 7.90. The molecule has 1 heterocycles. The summed E-state index contributed by atoms with van der Waals surface area (Å²) in [6.07, 6.45) is 0. The Morgan fingerprint density at radius 3 is 3.00 bits per heavy atom. The van der Waals surface area contributed by atoms with E-state index < -0.39 is 0 Å². The zero-order valence-electron chi connectivity index (χ0n) is 8.54. The Balaban J connectivity index is 1.94. The van der Waals surface area contributed by atoms with Crippen LogP contribution >= 0.6 is 0 Å². The summed E-state index contributed by atoms with van der Waals surface area (Å²) in [4.78, 5) is 0. The van der Waals surface area contributed by atoms with Crippen molar-refractivity contribution in [3.8, 4) is 5.75 Å². The molecule has 3 heteroatoms. The van der Waals surface area contributed by atoms with E-state index >= 15 is 0 Å². The van der Waals surface area contributed by atoms with E-state index in [4.69, 9.17) is 9.47 Å². The summed E-state index contributed by atoms with van der Waals surface area (Å²) in [5.74, 6) is 0.872. The zero-order chi connectivity index (χ0) is 10.0. The molecule has 1 aromatic carbocycles. The second-order valence-corrected chi connectivity index (χ2v) is 3.82. The number of hydrogen-bond acceptors (Lipinski definition) is 3. The van der Waals surface area contributed by atoms with Crippen LogP contribution in [-0.2, 0) is 4.74 Å². The Bertz CT molecular complexity index is 321. The number of epoxide rings is 1. The van der Waals surface area contributed by atoms with Crippen molar-refractivity contribution in [3.05, 3.63) is 24.3 Å². The molecule has 1 N–H and O–H groups in total. The molecule has 1 aliphatic rings. The van der Waals surface area contributed by atoms with E-state index in [0.717, 1.165) is 24.6 Å². The van der Waals surface area contributed by atoms with Crippen molar-refractivity contribution in [2.75, 3.05) is 25.6 Å². The summed E-state index contributed by atoms with van der Waals surface area (Å²) in [5.41, 5.74) is 1.12. The lowest BCUT2D eigenvalue weighted by molar-refractivity contribution is 0.335. The van der Waals surface area contributed by atoms with Crippen LogP contribution in [0.2, 0.25) is 0 Å². The molecule has 1 fully saturated rings. The van der Waals surface area contributed by atoms with Crippen molar-refractivity contribution in [2.45, 2.75) is 12.5 Å². The Labute approximate surface area is 84.0 Å². The van der Waals surface area contributed by atoms with Crippen LogP contribution in [0.5, 0.6) is 5.75 Å². The predicted molar refractivity (Wildman–Crippen MR) is 55.8 cm³/mol. The number of anilines is 1. The number of nitrogens with one attached hydrogen (secondary N) is 1. The van der Waals surface area contributed by atoms with Gasteiger partial charge in [0.15, 0.2) is 0 Å². The minimum atomic E-state index is 0.0447. The van der Waals surface area contributed by atoms with E-state index in [9.17, 15) is 0 Å². The molecule has 14 heavy (non-hydrogen) atoms. The van der Waals surface area contributed by atoms with Crippen LogP contribution in [0.1, 0.15) is 6.92 Å². The van der Waals surface area contributed by atoms with Gasteiger partial charge >= 0.3 is 0 Å². The highest BCUT2D eigenvalue weighted by Crippen LogP contribution is 2.26. The maximum Gasteiger partial charge on any atom is 0.120 e. The number of benzene rings is 1. The molecular weight excluding hydrogens is 178 g/mol. The molecule has 0 unspecified atom stereocenters. The van der Waals surface area contributed by atoms with E-state index in [1.165, 1.54) is 0 Å². The van der Waals surface area contributed by atoms with Crippen LogP contribution in [0.3, 0.4) is 0 Å². The lowest BCUT2D eigenvalue weighted by Gasteiger charge is -2.09. The van der Waals surface area contributed by atoms with Crippen molar-refractivity contribution < 1.29 is 9.47 Å². The third-order valence-electron chi connectivity index (χ3n) is 2.37. The molecule has 2 rings (SSSR count). The molecule has 3 nitrogen and oxygen atoms in total. The quantitative estimate of drug-likeness (QED) is 0.741. The topological polar surface area (TPSA) is 33.8 Å². The summed E-state index contributed by atoms with van der Waals surface area (Å²) >= 11 is 0. The average Bonchev–Trinajstić information content (AvgIpc) is 2.95. The average molecular weight is 193 g/mol. The molecule has 0 amide bonds. The molecule has 0 spiro atoms. The van der Waals surface area contributed by atoms with Crippen molar-refractivity contribution in [3.63, 3.8) is 0 Å². The second-order valence-electron chi connectivity index (χ2n) is 3.82. The lowest BCUT2D eigenvalue weighted by Crippen LogP contribution is -2.19. The van der Waals surface area contributed by atoms with Crippen LogP contribution in [0, 0.1) is 0 Å². The Kier molecular flexibility index (Phi) is 2.33. The summed E-state index contributed by atoms with van der Waals surface area (Å²) in [5, 5.41) is 3.32. The van der Waals surface area contributed by atoms with Gasteiger partial charge in [-0.25, -0.2) is 0 Å². The van der Waals surface area contributed by atoms with Crippen LogP contribution in [0.25, 0.3) is 0 Å². The first-order valence-corrected chi connectivity index (χ1v) is 4.74. The normalized spacial score (nSPS) is 24.4. The van der Waals surface area contributed by atoms with Gasteiger partial charge < -0.3 is 14.8 Å². The maximum atomic E-state index is 5.28. The summed E-state index contributed by atoms with van der Waals surface area (Å²) in [6.45, 7) is 3.80. The van der Waals surface area contributed by atoms with Gasteiger partial charge in [-0.2, -0.15) is 0 Å². The molecule has 0 aliphatic carbocycles. The van der Waals surface area contributed by atoms with Crippen LogP contribution in [-0.4, -0.2) is 25.9 Å². The van der Waals surface area contributed by atoms with E-state index in [-0.39, 0.29) is 5.60 Å². The van der Waals surface area contributed by atoms with Crippen molar-refractivity contribution in [1.29, 1.82) is 0 Å². The fourth-order valence-electron chi connectivity index (χ4n) is 1.25. The fourth-order valence-corrected chi connectivity index (χ4v) is 1.25. The Morgan fingerprint density at radius 2 is 2.36 bits per heavy atom. The van der Waals surface area contributed by atoms with Gasteiger partial charge in [-0.1, -0.05) is 6.07 Å². The smallest absolute Gasteiger partial charge is 0.120 e. The van der Waals surface area contributed by atoms with Gasteiger partial charge in [0.1, 0.15) is 11.4 Å². The van der Waals surface area contributed by atoms with Crippen LogP contribution in [0.15, 0.2) is 24.3 Å². The fraction of sp³-hybridized carbons (Fsp3) is 0.455. The Hall–Kier alpha value is -1.22. The SMILES string of the molecule is COc1cccc(NC[C@@]2(C)CO2)c1. The molecule has 0 aromatic heterocycles. The molecule has 1 saturated heterocycles. The third-order valence-corrected chi connectivity index (χ3v) is 2.37. The van der Waals surface area contributed by atoms with Gasteiger partial charge in [-0.05, 0) is 19.1 Å². The minimum absolute atomic E-state index is 0.0447. The molecule has 1 atom stereocenters. The van der Waals surface area contributed by atoms with Gasteiger partial charge in [0.25, 0.3) is 0 Å². The summed E-state index contributed by atoms with van der Waals surface area (Å²) < 4.78 is 10.4. The first-order chi connectivity index (χ1) is 6.72. The highest BCUT2D eigenvalue weighted by Gasteiger charge is 2.38. The molecule has 1 aliphatic heterocycles. The number of methoxy groups -OCH3 is 1. The van der Waals surface area contributed by atoms with Gasteiger partial charge in [0, 0.05) is 18.3 Å². The number of ether oxygens (including phenoxy) is 2. The minimum Gasteiger partial charge on any atom is -0.497 e. The summed E-state index contributed by atoms with van der Waals surface area (Å²) in [7, 11) is 1.67. The molecule has 76 valence electrons. The predicted octanol–water partition coefficient (Wildman–Crippen LogP) is 1.90. The zero-order valence-corrected chi connectivity index (χ0v) is 8.54. The molecule has 1 aromatic rings. The molecule has 0 saturated carbocycles. The third kappa shape index (κ3) is 2.17. The van der Waals surface area contributed by atoms with E-state index in [1.807, 2.05) is 24.3 Å². The number of rotatable bonds is 4. The maximum absolute atomic E-state index is 5.28. The van der Waals surface area contributed by atoms with E-state index in [1.54, 1.807) is 7.11 Å². The Morgan fingerprint density at radius 1 is 1.57 bits per heavy atom. The largest absolute Gasteiger partial charge is 0.497 e. The molecular formula is C11H15NO2. The lowest BCUT2D eigenvalue weighted by atomic mass is 10.2. The van der Waals surface area contributed by atoms with E-state index in [2.05, 4.69) is 12.2 Å². The second kappa shape index (κ2) is 3.50. The first kappa shape index (κ1) is 9.34. The van der Waals surface area contributed by atoms with Crippen LogP contribution < -0.4 is 10.1 Å². The highest BCUT2D eigenvalue weighted by molar-refractivity contribution is 5.48. The highest BCUT2D eigenvalue weighted by atomic mass is 16.6. The van der Waals surface area contributed by atoms with Crippen LogP contribution in [0.4, 0.5) is 5.69 Å². The van der Waals surface area contributed by atoms with Crippen molar-refractivity contribution in [2.24, 2.45) is 0 Å². The van der Waals surface area contributed by atoms with Crippen molar-refractivity contribution >= 4 is 5.69 Å². The molecule has 0 bridgehead atoms. The number of hydrogen-bond donors (Lipinski definition) is 1. The van der Waals surface area contributed by atoms with Gasteiger partial charge in [0.05, 0.1) is 13.7 Å². The standard InChI is InChI=1S/C11H15NO2/c1-11(8-14-11)7-12-9-4-3-5-10(6-9)13-2/h3-6,12H,7-8H2,1-2H3/t11-/m0/s1. The van der Waals surface area contributed by atoms with Gasteiger partial charge in [0.2, 0.25) is 0 Å². The van der Waals surface area contributed by atoms with Gasteiger partial charge in [-0.3, -0.25) is 0 Å². The van der Waals surface area contributed by atoms with Crippen molar-refractivity contribution in [1.82, 2.24) is 0 Å². The molecule has 0 radical (unpaired) electrons.